The van der Waals surface area contributed by atoms with Crippen molar-refractivity contribution in [1.82, 2.24) is 4.90 Å². The Balaban J connectivity index is 1.81. The van der Waals surface area contributed by atoms with Gasteiger partial charge in [0.15, 0.2) is 0 Å². The maximum absolute atomic E-state index is 5.89. The second-order valence-corrected chi connectivity index (χ2v) is 6.24. The Morgan fingerprint density at radius 1 is 1.28 bits per heavy atom. The third kappa shape index (κ3) is 3.74. The number of piperidine rings is 1. The van der Waals surface area contributed by atoms with Crippen LogP contribution in [0.25, 0.3) is 0 Å². The van der Waals surface area contributed by atoms with Gasteiger partial charge in [0.05, 0.1) is 0 Å². The van der Waals surface area contributed by atoms with Crippen LogP contribution in [-0.2, 0) is 0 Å². The molecule has 18 heavy (non-hydrogen) atoms. The third-order valence-corrected chi connectivity index (χ3v) is 4.82. The molecular weight excluding hydrogens is 240 g/mol. The molecule has 0 aliphatic carbocycles. The van der Waals surface area contributed by atoms with Gasteiger partial charge in [-0.2, -0.15) is 0 Å². The molecule has 0 saturated carbocycles. The maximum atomic E-state index is 5.89. The fourth-order valence-electron chi connectivity index (χ4n) is 2.78. The molecule has 1 aromatic rings. The number of benzene rings is 1. The Labute approximate surface area is 115 Å². The first-order valence-corrected chi connectivity index (χ1v) is 7.93. The van der Waals surface area contributed by atoms with E-state index < -0.39 is 0 Å². The number of likely N-dealkylation sites (tertiary alicyclic amines) is 1. The minimum atomic E-state index is 0.602. The van der Waals surface area contributed by atoms with Crippen molar-refractivity contribution >= 4 is 11.8 Å². The predicted molar refractivity (Wildman–Crippen MR) is 80.0 cm³/mol. The van der Waals surface area contributed by atoms with Crippen molar-refractivity contribution in [1.29, 1.82) is 0 Å². The topological polar surface area (TPSA) is 29.3 Å². The molecule has 100 valence electrons. The smallest absolute Gasteiger partial charge is 0.0221 e. The van der Waals surface area contributed by atoms with Crippen molar-refractivity contribution in [3.8, 4) is 0 Å². The van der Waals surface area contributed by atoms with Gasteiger partial charge in [-0.1, -0.05) is 24.6 Å². The van der Waals surface area contributed by atoms with E-state index in [1.54, 1.807) is 0 Å². The van der Waals surface area contributed by atoms with Crippen molar-refractivity contribution in [3.05, 3.63) is 30.3 Å². The van der Waals surface area contributed by atoms with Crippen molar-refractivity contribution in [2.24, 2.45) is 5.73 Å². The monoisotopic (exact) mass is 264 g/mol. The lowest BCUT2D eigenvalue weighted by Crippen LogP contribution is -2.49. The SMILES string of the molecule is CC1CCCC(CN)N1CCSc1ccccc1. The Morgan fingerprint density at radius 2 is 2.06 bits per heavy atom. The molecule has 2 nitrogen and oxygen atoms in total. The molecule has 3 heteroatoms. The van der Waals surface area contributed by atoms with Crippen LogP contribution in [0.4, 0.5) is 0 Å². The molecule has 0 amide bonds. The summed E-state index contributed by atoms with van der Waals surface area (Å²) in [6.45, 7) is 4.30. The zero-order chi connectivity index (χ0) is 12.8. The van der Waals surface area contributed by atoms with Crippen molar-refractivity contribution in [2.75, 3.05) is 18.8 Å². The largest absolute Gasteiger partial charge is 0.329 e. The van der Waals surface area contributed by atoms with Gasteiger partial charge in [0.25, 0.3) is 0 Å². The minimum absolute atomic E-state index is 0.602. The molecule has 2 atom stereocenters. The summed E-state index contributed by atoms with van der Waals surface area (Å²) >= 11 is 1.95. The molecule has 0 spiro atoms. The summed E-state index contributed by atoms with van der Waals surface area (Å²) in [5.41, 5.74) is 5.89. The number of thioether (sulfide) groups is 1. The van der Waals surface area contributed by atoms with Crippen molar-refractivity contribution < 1.29 is 0 Å². The van der Waals surface area contributed by atoms with Crippen molar-refractivity contribution in [3.63, 3.8) is 0 Å². The standard InChI is InChI=1S/C15H24N2S/c1-13-6-5-7-14(12-16)17(13)10-11-18-15-8-3-2-4-9-15/h2-4,8-9,13-14H,5-7,10-12,16H2,1H3. The minimum Gasteiger partial charge on any atom is -0.329 e. The molecule has 1 fully saturated rings. The Bertz CT molecular complexity index is 342. The average Bonchev–Trinajstić information content (AvgIpc) is 2.41. The first-order valence-electron chi connectivity index (χ1n) is 6.95. The van der Waals surface area contributed by atoms with E-state index in [9.17, 15) is 0 Å². The Morgan fingerprint density at radius 3 is 2.78 bits per heavy atom. The molecule has 2 unspecified atom stereocenters. The number of nitrogens with zero attached hydrogens (tertiary/aromatic N) is 1. The number of hydrogen-bond acceptors (Lipinski definition) is 3. The van der Waals surface area contributed by atoms with Crippen LogP contribution in [-0.4, -0.2) is 35.8 Å². The molecule has 1 aliphatic heterocycles. The van der Waals surface area contributed by atoms with E-state index in [4.69, 9.17) is 5.73 Å². The fourth-order valence-corrected chi connectivity index (χ4v) is 3.67. The van der Waals surface area contributed by atoms with Gasteiger partial charge in [-0.3, -0.25) is 4.90 Å². The zero-order valence-corrected chi connectivity index (χ0v) is 12.0. The second kappa shape index (κ2) is 7.17. The van der Waals surface area contributed by atoms with E-state index in [0.717, 1.165) is 18.8 Å². The summed E-state index contributed by atoms with van der Waals surface area (Å²) in [5, 5.41) is 0. The summed E-state index contributed by atoms with van der Waals surface area (Å²) < 4.78 is 0. The molecule has 1 saturated heterocycles. The summed E-state index contributed by atoms with van der Waals surface area (Å²) in [7, 11) is 0. The molecule has 1 aromatic carbocycles. The number of nitrogens with two attached hydrogens (primary N) is 1. The lowest BCUT2D eigenvalue weighted by molar-refractivity contribution is 0.106. The molecule has 0 radical (unpaired) electrons. The van der Waals surface area contributed by atoms with Crippen molar-refractivity contribution in [2.45, 2.75) is 43.2 Å². The lowest BCUT2D eigenvalue weighted by Gasteiger charge is -2.40. The number of rotatable bonds is 5. The zero-order valence-electron chi connectivity index (χ0n) is 11.2. The molecular formula is C15H24N2S. The highest BCUT2D eigenvalue weighted by Gasteiger charge is 2.26. The van der Waals surface area contributed by atoms with Gasteiger partial charge >= 0.3 is 0 Å². The van der Waals surface area contributed by atoms with Gasteiger partial charge in [0.1, 0.15) is 0 Å². The van der Waals surface area contributed by atoms with Gasteiger partial charge in [0, 0.05) is 35.8 Å². The first-order chi connectivity index (χ1) is 8.81. The van der Waals surface area contributed by atoms with Crippen LogP contribution in [0.2, 0.25) is 0 Å². The molecule has 0 bridgehead atoms. The average molecular weight is 264 g/mol. The van der Waals surface area contributed by atoms with Gasteiger partial charge in [-0.05, 0) is 31.9 Å². The van der Waals surface area contributed by atoms with Crippen LogP contribution in [0.3, 0.4) is 0 Å². The van der Waals surface area contributed by atoms with E-state index in [1.165, 1.54) is 24.2 Å². The van der Waals surface area contributed by atoms with Crippen LogP contribution < -0.4 is 5.73 Å². The van der Waals surface area contributed by atoms with Gasteiger partial charge in [-0.15, -0.1) is 11.8 Å². The lowest BCUT2D eigenvalue weighted by atomic mass is 9.97. The second-order valence-electron chi connectivity index (χ2n) is 5.07. The van der Waals surface area contributed by atoms with Crippen LogP contribution in [0.1, 0.15) is 26.2 Å². The van der Waals surface area contributed by atoms with E-state index in [0.29, 0.717) is 12.1 Å². The highest BCUT2D eigenvalue weighted by molar-refractivity contribution is 7.99. The number of hydrogen-bond donors (Lipinski definition) is 1. The van der Waals surface area contributed by atoms with Gasteiger partial charge < -0.3 is 5.73 Å². The van der Waals surface area contributed by atoms with Crippen LogP contribution >= 0.6 is 11.8 Å². The summed E-state index contributed by atoms with van der Waals surface area (Å²) in [5.74, 6) is 1.16. The normalized spacial score (nSPS) is 25.2. The summed E-state index contributed by atoms with van der Waals surface area (Å²) in [6, 6.07) is 12.0. The first kappa shape index (κ1) is 13.9. The Hall–Kier alpha value is -0.510. The van der Waals surface area contributed by atoms with Gasteiger partial charge in [-0.25, -0.2) is 0 Å². The molecule has 2 N–H and O–H groups in total. The van der Waals surface area contributed by atoms with Gasteiger partial charge in [0.2, 0.25) is 0 Å². The fraction of sp³-hybridized carbons (Fsp3) is 0.600. The van der Waals surface area contributed by atoms with E-state index >= 15 is 0 Å². The maximum Gasteiger partial charge on any atom is 0.0221 e. The van der Waals surface area contributed by atoms with E-state index in [-0.39, 0.29) is 0 Å². The Kier molecular flexibility index (Phi) is 5.54. The van der Waals surface area contributed by atoms with Crippen LogP contribution in [0.5, 0.6) is 0 Å². The summed E-state index contributed by atoms with van der Waals surface area (Å²) in [4.78, 5) is 3.98. The summed E-state index contributed by atoms with van der Waals surface area (Å²) in [6.07, 6.45) is 3.94. The third-order valence-electron chi connectivity index (χ3n) is 3.83. The highest BCUT2D eigenvalue weighted by Crippen LogP contribution is 2.24. The van der Waals surface area contributed by atoms with Crippen LogP contribution in [0, 0.1) is 0 Å². The molecule has 0 aromatic heterocycles. The molecule has 1 heterocycles. The molecule has 1 aliphatic rings. The quantitative estimate of drug-likeness (QED) is 0.829. The highest BCUT2D eigenvalue weighted by atomic mass is 32.2. The van der Waals surface area contributed by atoms with E-state index in [2.05, 4.69) is 42.2 Å². The van der Waals surface area contributed by atoms with E-state index in [1.807, 2.05) is 11.8 Å². The predicted octanol–water partition coefficient (Wildman–Crippen LogP) is 2.98. The van der Waals surface area contributed by atoms with Crippen LogP contribution in [0.15, 0.2) is 35.2 Å². The molecule has 2 rings (SSSR count).